The number of hydrogen-bond acceptors (Lipinski definition) is 4. The number of halogens is 3. The number of methoxy groups -OCH3 is 1. The second-order valence-electron chi connectivity index (χ2n) is 8.39. The van der Waals surface area contributed by atoms with E-state index in [1.807, 2.05) is 0 Å². The van der Waals surface area contributed by atoms with E-state index in [2.05, 4.69) is 5.32 Å². The highest BCUT2D eigenvalue weighted by Gasteiger charge is 2.26. The van der Waals surface area contributed by atoms with Gasteiger partial charge in [0.05, 0.1) is 13.5 Å². The molecule has 0 atom stereocenters. The number of carbonyl (C=O) groups excluding carboxylic acids is 2. The van der Waals surface area contributed by atoms with Gasteiger partial charge in [-0.3, -0.25) is 14.4 Å². The van der Waals surface area contributed by atoms with Gasteiger partial charge < -0.3 is 19.5 Å². The lowest BCUT2D eigenvalue weighted by molar-refractivity contribution is -0.130. The van der Waals surface area contributed by atoms with E-state index in [9.17, 15) is 27.6 Å². The molecule has 3 aromatic rings. The molecule has 1 N–H and O–H groups in total. The van der Waals surface area contributed by atoms with Crippen LogP contribution < -0.4 is 15.6 Å². The van der Waals surface area contributed by atoms with Crippen LogP contribution >= 0.6 is 0 Å². The van der Waals surface area contributed by atoms with E-state index in [1.54, 1.807) is 6.07 Å². The molecule has 0 fully saturated rings. The Labute approximate surface area is 205 Å². The fourth-order valence-electron chi connectivity index (χ4n) is 4.26. The predicted octanol–water partition coefficient (Wildman–Crippen LogP) is 2.83. The molecule has 0 saturated carbocycles. The summed E-state index contributed by atoms with van der Waals surface area (Å²) < 4.78 is 47.0. The molecule has 2 aromatic carbocycles. The van der Waals surface area contributed by atoms with E-state index in [1.165, 1.54) is 46.9 Å². The SMILES string of the molecule is COc1cc(=O)n2c(c1C(=O)NCc1cccc(F)c1)CCN(C(=O)Cc1ccc(F)c(F)c1)CC2. The van der Waals surface area contributed by atoms with Crippen molar-refractivity contribution < 1.29 is 27.5 Å². The molecule has 1 aromatic heterocycles. The van der Waals surface area contributed by atoms with Crippen molar-refractivity contribution in [3.63, 3.8) is 0 Å². The first-order valence-corrected chi connectivity index (χ1v) is 11.3. The topological polar surface area (TPSA) is 80.6 Å². The number of aromatic nitrogens is 1. The summed E-state index contributed by atoms with van der Waals surface area (Å²) in [7, 11) is 1.35. The van der Waals surface area contributed by atoms with E-state index in [0.29, 0.717) is 16.8 Å². The number of fused-ring (bicyclic) bond motifs is 1. The summed E-state index contributed by atoms with van der Waals surface area (Å²) in [4.78, 5) is 40.3. The Morgan fingerprint density at radius 3 is 2.50 bits per heavy atom. The van der Waals surface area contributed by atoms with Crippen molar-refractivity contribution in [2.45, 2.75) is 25.9 Å². The summed E-state index contributed by atoms with van der Waals surface area (Å²) in [6.45, 7) is 0.619. The lowest BCUT2D eigenvalue weighted by Crippen LogP contribution is -2.35. The minimum Gasteiger partial charge on any atom is -0.496 e. The molecule has 1 aliphatic heterocycles. The van der Waals surface area contributed by atoms with Crippen LogP contribution in [-0.2, 0) is 30.7 Å². The lowest BCUT2D eigenvalue weighted by atomic mass is 10.1. The van der Waals surface area contributed by atoms with Gasteiger partial charge in [0.2, 0.25) is 5.91 Å². The molecule has 0 unspecified atom stereocenters. The fraction of sp³-hybridized carbons (Fsp3) is 0.269. The number of rotatable bonds is 6. The van der Waals surface area contributed by atoms with Crippen molar-refractivity contribution in [2.24, 2.45) is 0 Å². The number of carbonyl (C=O) groups is 2. The predicted molar refractivity (Wildman–Crippen MR) is 125 cm³/mol. The van der Waals surface area contributed by atoms with Crippen LogP contribution in [0, 0.1) is 17.5 Å². The highest BCUT2D eigenvalue weighted by molar-refractivity contribution is 5.98. The lowest BCUT2D eigenvalue weighted by Gasteiger charge is -2.20. The summed E-state index contributed by atoms with van der Waals surface area (Å²) in [5.74, 6) is -3.16. The molecule has 0 spiro atoms. The minimum atomic E-state index is -1.03. The molecule has 10 heteroatoms. The summed E-state index contributed by atoms with van der Waals surface area (Å²) in [6.07, 6.45) is 0.0609. The van der Waals surface area contributed by atoms with Crippen molar-refractivity contribution in [2.75, 3.05) is 20.2 Å². The van der Waals surface area contributed by atoms with E-state index < -0.39 is 23.4 Å². The monoisotopic (exact) mass is 499 g/mol. The van der Waals surface area contributed by atoms with Gasteiger partial charge in [0, 0.05) is 44.4 Å². The normalized spacial score (nSPS) is 13.1. The van der Waals surface area contributed by atoms with Crippen LogP contribution in [0.5, 0.6) is 5.75 Å². The molecular weight excluding hydrogens is 475 g/mol. The number of benzene rings is 2. The van der Waals surface area contributed by atoms with Crippen LogP contribution in [0.3, 0.4) is 0 Å². The van der Waals surface area contributed by atoms with Gasteiger partial charge in [-0.25, -0.2) is 13.2 Å². The molecule has 4 rings (SSSR count). The maximum atomic E-state index is 13.5. The zero-order valence-electron chi connectivity index (χ0n) is 19.5. The summed E-state index contributed by atoms with van der Waals surface area (Å²) >= 11 is 0. The first-order valence-electron chi connectivity index (χ1n) is 11.3. The van der Waals surface area contributed by atoms with E-state index in [-0.39, 0.29) is 61.8 Å². The van der Waals surface area contributed by atoms with Gasteiger partial charge in [0.1, 0.15) is 17.1 Å². The van der Waals surface area contributed by atoms with Gasteiger partial charge in [0.25, 0.3) is 11.5 Å². The van der Waals surface area contributed by atoms with Crippen LogP contribution in [0.25, 0.3) is 0 Å². The molecule has 1 aliphatic rings. The number of pyridine rings is 1. The Morgan fingerprint density at radius 1 is 0.972 bits per heavy atom. The molecule has 2 amide bonds. The van der Waals surface area contributed by atoms with Crippen molar-refractivity contribution in [3.05, 3.63) is 98.7 Å². The van der Waals surface area contributed by atoms with E-state index in [0.717, 1.165) is 12.1 Å². The molecule has 2 heterocycles. The summed E-state index contributed by atoms with van der Waals surface area (Å²) in [5, 5.41) is 2.74. The highest BCUT2D eigenvalue weighted by Crippen LogP contribution is 2.23. The number of nitrogens with one attached hydrogen (secondary N) is 1. The Kier molecular flexibility index (Phi) is 7.42. The van der Waals surface area contributed by atoms with Crippen LogP contribution in [-0.4, -0.2) is 41.5 Å². The third-order valence-electron chi connectivity index (χ3n) is 6.07. The van der Waals surface area contributed by atoms with Crippen LogP contribution in [0.4, 0.5) is 13.2 Å². The van der Waals surface area contributed by atoms with Crippen LogP contribution in [0.1, 0.15) is 27.2 Å². The molecule has 0 bridgehead atoms. The van der Waals surface area contributed by atoms with Gasteiger partial charge >= 0.3 is 0 Å². The molecule has 7 nitrogen and oxygen atoms in total. The number of amides is 2. The Hall–Kier alpha value is -4.08. The summed E-state index contributed by atoms with van der Waals surface area (Å²) in [6, 6.07) is 10.3. The minimum absolute atomic E-state index is 0.0666. The first-order chi connectivity index (χ1) is 17.3. The van der Waals surface area contributed by atoms with E-state index >= 15 is 0 Å². The average molecular weight is 499 g/mol. The maximum absolute atomic E-state index is 13.5. The smallest absolute Gasteiger partial charge is 0.257 e. The second-order valence-corrected chi connectivity index (χ2v) is 8.39. The zero-order valence-corrected chi connectivity index (χ0v) is 19.5. The molecular formula is C26H24F3N3O4. The molecule has 0 aliphatic carbocycles. The average Bonchev–Trinajstić information content (AvgIpc) is 3.08. The summed E-state index contributed by atoms with van der Waals surface area (Å²) in [5.41, 5.74) is 1.11. The van der Waals surface area contributed by atoms with Crippen molar-refractivity contribution in [1.29, 1.82) is 0 Å². The Morgan fingerprint density at radius 2 is 1.78 bits per heavy atom. The van der Waals surface area contributed by atoms with E-state index in [4.69, 9.17) is 4.74 Å². The second kappa shape index (κ2) is 10.7. The molecule has 0 radical (unpaired) electrons. The van der Waals surface area contributed by atoms with Gasteiger partial charge in [-0.1, -0.05) is 18.2 Å². The van der Waals surface area contributed by atoms with Crippen molar-refractivity contribution >= 4 is 11.8 Å². The number of ether oxygens (including phenoxy) is 1. The quantitative estimate of drug-likeness (QED) is 0.566. The van der Waals surface area contributed by atoms with Crippen molar-refractivity contribution in [1.82, 2.24) is 14.8 Å². The van der Waals surface area contributed by atoms with Gasteiger partial charge in [-0.05, 0) is 35.4 Å². The Balaban J connectivity index is 1.54. The third-order valence-corrected chi connectivity index (χ3v) is 6.07. The zero-order chi connectivity index (χ0) is 25.8. The van der Waals surface area contributed by atoms with Gasteiger partial charge in [-0.15, -0.1) is 0 Å². The van der Waals surface area contributed by atoms with Crippen LogP contribution in [0.15, 0.2) is 53.3 Å². The molecule has 36 heavy (non-hydrogen) atoms. The Bertz CT molecular complexity index is 1370. The first kappa shape index (κ1) is 25.0. The number of nitrogens with zero attached hydrogens (tertiary/aromatic N) is 2. The third kappa shape index (κ3) is 5.42. The van der Waals surface area contributed by atoms with Gasteiger partial charge in [0.15, 0.2) is 11.6 Å². The standard InChI is InChI=1S/C26H24F3N3O4/c1-36-22-14-24(34)32-10-9-31(23(33)13-16-5-6-19(28)20(29)12-16)8-7-21(32)25(22)26(35)30-15-17-3-2-4-18(27)11-17/h2-6,11-12,14H,7-10,13,15H2,1H3,(H,30,35). The molecule has 188 valence electrons. The maximum Gasteiger partial charge on any atom is 0.257 e. The fourth-order valence-corrected chi connectivity index (χ4v) is 4.26. The largest absolute Gasteiger partial charge is 0.496 e. The van der Waals surface area contributed by atoms with Crippen molar-refractivity contribution in [3.8, 4) is 5.75 Å². The van der Waals surface area contributed by atoms with Crippen LogP contribution in [0.2, 0.25) is 0 Å². The van der Waals surface area contributed by atoms with Gasteiger partial charge in [-0.2, -0.15) is 0 Å². The highest BCUT2D eigenvalue weighted by atomic mass is 19.2. The molecule has 0 saturated heterocycles. The number of hydrogen-bond donors (Lipinski definition) is 1.